The molecule has 3 heterocycles. The van der Waals surface area contributed by atoms with Crippen molar-refractivity contribution < 1.29 is 9.53 Å². The van der Waals surface area contributed by atoms with Gasteiger partial charge in [-0.15, -0.1) is 0 Å². The van der Waals surface area contributed by atoms with Crippen molar-refractivity contribution in [1.82, 2.24) is 20.0 Å². The molecule has 144 valence electrons. The van der Waals surface area contributed by atoms with E-state index in [1.807, 2.05) is 40.0 Å². The molecule has 6 heteroatoms. The number of carbonyl (C=O) groups excluding carboxylic acids is 1. The molecule has 4 rings (SSSR count). The number of piperidine rings is 2. The summed E-state index contributed by atoms with van der Waals surface area (Å²) >= 11 is 0. The van der Waals surface area contributed by atoms with Crippen molar-refractivity contribution in [2.24, 2.45) is 0 Å². The number of benzene rings is 1. The number of nitrogens with one attached hydrogen (secondary N) is 1. The van der Waals surface area contributed by atoms with Crippen LogP contribution >= 0.6 is 0 Å². The number of likely N-dealkylation sites (tertiary alicyclic amines) is 1. The van der Waals surface area contributed by atoms with Crippen molar-refractivity contribution in [3.8, 4) is 0 Å². The zero-order valence-electron chi connectivity index (χ0n) is 15.7. The third kappa shape index (κ3) is 3.92. The molecule has 1 aromatic carbocycles. The zero-order chi connectivity index (χ0) is 18.5. The van der Waals surface area contributed by atoms with Gasteiger partial charge in [0.05, 0.1) is 12.7 Å². The lowest BCUT2D eigenvalue weighted by Crippen LogP contribution is -2.57. The standard InChI is InChI=1S/C21H28N4O2/c26-20(21(9-12-22-13-10-21)25-14-4-11-23-25)24-15-7-19(8-16-24)27-17-18-5-2-1-3-6-18/h1-6,11,14,19,22H,7-10,12-13,15-17H2. The van der Waals surface area contributed by atoms with E-state index in [9.17, 15) is 4.79 Å². The summed E-state index contributed by atoms with van der Waals surface area (Å²) in [5.74, 6) is 0.217. The van der Waals surface area contributed by atoms with Crippen LogP contribution < -0.4 is 5.32 Å². The molecule has 0 radical (unpaired) electrons. The Morgan fingerprint density at radius 1 is 1.15 bits per heavy atom. The molecule has 27 heavy (non-hydrogen) atoms. The molecule has 0 bridgehead atoms. The second-order valence-electron chi connectivity index (χ2n) is 7.52. The quantitative estimate of drug-likeness (QED) is 0.879. The molecule has 2 aliphatic heterocycles. The molecule has 0 atom stereocenters. The molecule has 1 N–H and O–H groups in total. The summed E-state index contributed by atoms with van der Waals surface area (Å²) in [6, 6.07) is 12.2. The third-order valence-electron chi connectivity index (χ3n) is 5.83. The maximum atomic E-state index is 13.5. The molecule has 1 amide bonds. The summed E-state index contributed by atoms with van der Waals surface area (Å²) in [6.07, 6.45) is 7.29. The Bertz CT molecular complexity index is 718. The van der Waals surface area contributed by atoms with Gasteiger partial charge in [-0.25, -0.2) is 0 Å². The van der Waals surface area contributed by atoms with E-state index in [2.05, 4.69) is 22.5 Å². The van der Waals surface area contributed by atoms with Crippen LogP contribution in [0.1, 0.15) is 31.2 Å². The molecule has 2 aliphatic rings. The highest BCUT2D eigenvalue weighted by Gasteiger charge is 2.45. The molecule has 0 unspecified atom stereocenters. The number of carbonyl (C=O) groups is 1. The molecule has 2 fully saturated rings. The fourth-order valence-electron chi connectivity index (χ4n) is 4.21. The second kappa shape index (κ2) is 8.23. The average Bonchev–Trinajstić information content (AvgIpc) is 3.29. The Kier molecular flexibility index (Phi) is 5.55. The number of nitrogens with zero attached hydrogens (tertiary/aromatic N) is 3. The van der Waals surface area contributed by atoms with E-state index in [0.717, 1.165) is 51.9 Å². The third-order valence-corrected chi connectivity index (χ3v) is 5.83. The van der Waals surface area contributed by atoms with Crippen molar-refractivity contribution in [3.05, 3.63) is 54.4 Å². The van der Waals surface area contributed by atoms with E-state index >= 15 is 0 Å². The molecule has 2 saturated heterocycles. The van der Waals surface area contributed by atoms with Gasteiger partial charge in [-0.05, 0) is 50.4 Å². The first-order valence-corrected chi connectivity index (χ1v) is 9.94. The van der Waals surface area contributed by atoms with Crippen LogP contribution in [-0.2, 0) is 21.7 Å². The summed E-state index contributed by atoms with van der Waals surface area (Å²) in [6.45, 7) is 3.86. The predicted molar refractivity (Wildman–Crippen MR) is 103 cm³/mol. The zero-order valence-corrected chi connectivity index (χ0v) is 15.7. The Morgan fingerprint density at radius 3 is 2.56 bits per heavy atom. The van der Waals surface area contributed by atoms with Crippen LogP contribution in [0.15, 0.2) is 48.8 Å². The lowest BCUT2D eigenvalue weighted by atomic mass is 9.86. The minimum atomic E-state index is -0.535. The highest BCUT2D eigenvalue weighted by atomic mass is 16.5. The van der Waals surface area contributed by atoms with Gasteiger partial charge in [0.25, 0.3) is 5.91 Å². The van der Waals surface area contributed by atoms with Gasteiger partial charge in [0.1, 0.15) is 5.54 Å². The molecule has 0 spiro atoms. The minimum Gasteiger partial charge on any atom is -0.373 e. The summed E-state index contributed by atoms with van der Waals surface area (Å²) < 4.78 is 7.96. The van der Waals surface area contributed by atoms with Crippen molar-refractivity contribution in [1.29, 1.82) is 0 Å². The number of hydrogen-bond acceptors (Lipinski definition) is 4. The van der Waals surface area contributed by atoms with Gasteiger partial charge in [-0.1, -0.05) is 30.3 Å². The van der Waals surface area contributed by atoms with Crippen LogP contribution in [0, 0.1) is 0 Å². The molecule has 2 aromatic rings. The molecule has 0 saturated carbocycles. The van der Waals surface area contributed by atoms with Crippen molar-refractivity contribution in [2.75, 3.05) is 26.2 Å². The SMILES string of the molecule is O=C(N1CCC(OCc2ccccc2)CC1)C1(n2cccn2)CCNCC1. The summed E-state index contributed by atoms with van der Waals surface area (Å²) in [5.41, 5.74) is 0.662. The number of ether oxygens (including phenoxy) is 1. The lowest BCUT2D eigenvalue weighted by molar-refractivity contribution is -0.146. The molecular weight excluding hydrogens is 340 g/mol. The summed E-state index contributed by atoms with van der Waals surface area (Å²) in [4.78, 5) is 15.5. The van der Waals surface area contributed by atoms with Gasteiger partial charge < -0.3 is 15.0 Å². The van der Waals surface area contributed by atoms with E-state index < -0.39 is 5.54 Å². The van der Waals surface area contributed by atoms with Gasteiger partial charge >= 0.3 is 0 Å². The predicted octanol–water partition coefficient (Wildman–Crippen LogP) is 2.17. The van der Waals surface area contributed by atoms with Gasteiger partial charge in [0.2, 0.25) is 0 Å². The largest absolute Gasteiger partial charge is 0.373 e. The normalized spacial score (nSPS) is 20.5. The number of rotatable bonds is 5. The number of hydrogen-bond donors (Lipinski definition) is 1. The lowest BCUT2D eigenvalue weighted by Gasteiger charge is -2.42. The van der Waals surface area contributed by atoms with Gasteiger partial charge in [0, 0.05) is 25.5 Å². The molecule has 0 aliphatic carbocycles. The highest BCUT2D eigenvalue weighted by Crippen LogP contribution is 2.31. The van der Waals surface area contributed by atoms with Crippen LogP contribution in [0.25, 0.3) is 0 Å². The van der Waals surface area contributed by atoms with Crippen LogP contribution in [-0.4, -0.2) is 52.9 Å². The number of amides is 1. The summed E-state index contributed by atoms with van der Waals surface area (Å²) in [5, 5.41) is 7.79. The Morgan fingerprint density at radius 2 is 1.89 bits per heavy atom. The van der Waals surface area contributed by atoms with Crippen LogP contribution in [0.5, 0.6) is 0 Å². The summed E-state index contributed by atoms with van der Waals surface area (Å²) in [7, 11) is 0. The Hall–Kier alpha value is -2.18. The number of aromatic nitrogens is 2. The Labute approximate surface area is 160 Å². The van der Waals surface area contributed by atoms with E-state index in [0.29, 0.717) is 6.61 Å². The van der Waals surface area contributed by atoms with Gasteiger partial charge in [-0.2, -0.15) is 5.10 Å². The van der Waals surface area contributed by atoms with E-state index in [1.54, 1.807) is 6.20 Å². The van der Waals surface area contributed by atoms with E-state index in [-0.39, 0.29) is 12.0 Å². The van der Waals surface area contributed by atoms with Crippen LogP contribution in [0.3, 0.4) is 0 Å². The van der Waals surface area contributed by atoms with Crippen molar-refractivity contribution in [2.45, 2.75) is 43.9 Å². The Balaban J connectivity index is 1.36. The fourth-order valence-corrected chi connectivity index (χ4v) is 4.21. The van der Waals surface area contributed by atoms with E-state index in [1.165, 1.54) is 5.56 Å². The van der Waals surface area contributed by atoms with Crippen LogP contribution in [0.2, 0.25) is 0 Å². The maximum Gasteiger partial charge on any atom is 0.250 e. The average molecular weight is 368 g/mol. The van der Waals surface area contributed by atoms with Gasteiger partial charge in [-0.3, -0.25) is 9.48 Å². The first-order valence-electron chi connectivity index (χ1n) is 9.94. The first kappa shape index (κ1) is 18.2. The fraction of sp³-hybridized carbons (Fsp3) is 0.524. The van der Waals surface area contributed by atoms with Crippen molar-refractivity contribution >= 4 is 5.91 Å². The first-order chi connectivity index (χ1) is 13.3. The molecule has 1 aromatic heterocycles. The van der Waals surface area contributed by atoms with Crippen LogP contribution in [0.4, 0.5) is 0 Å². The second-order valence-corrected chi connectivity index (χ2v) is 7.52. The monoisotopic (exact) mass is 368 g/mol. The molecular formula is C21H28N4O2. The highest BCUT2D eigenvalue weighted by molar-refractivity contribution is 5.84. The maximum absolute atomic E-state index is 13.5. The van der Waals surface area contributed by atoms with Gasteiger partial charge in [0.15, 0.2) is 0 Å². The van der Waals surface area contributed by atoms with E-state index in [4.69, 9.17) is 4.74 Å². The van der Waals surface area contributed by atoms with Crippen molar-refractivity contribution in [3.63, 3.8) is 0 Å². The smallest absolute Gasteiger partial charge is 0.250 e. The molecule has 6 nitrogen and oxygen atoms in total. The minimum absolute atomic E-state index is 0.217. The topological polar surface area (TPSA) is 59.4 Å².